The van der Waals surface area contributed by atoms with E-state index >= 15 is 0 Å². The Hall–Kier alpha value is -5.75. The quantitative estimate of drug-likeness (QED) is 0.130. The fourth-order valence-electron chi connectivity index (χ4n) is 10.1. The fourth-order valence-corrected chi connectivity index (χ4v) is 16.7. The van der Waals surface area contributed by atoms with Crippen LogP contribution in [0.5, 0.6) is 0 Å². The molecule has 2 aliphatic heterocycles. The lowest BCUT2D eigenvalue weighted by atomic mass is 9.82. The summed E-state index contributed by atoms with van der Waals surface area (Å²) in [6.45, 7) is 10.1. The molecule has 1 nitrogen and oxygen atoms in total. The van der Waals surface area contributed by atoms with Crippen molar-refractivity contribution in [1.82, 2.24) is 0 Å². The normalized spacial score (nSPS) is 15.3. The van der Waals surface area contributed by atoms with Crippen molar-refractivity contribution in [1.29, 1.82) is 0 Å². The van der Waals surface area contributed by atoms with Gasteiger partial charge in [-0.05, 0) is 88.2 Å². The second kappa shape index (κ2) is 11.4. The molecule has 0 fully saturated rings. The third-order valence-electron chi connectivity index (χ3n) is 12.8. The zero-order valence-electron chi connectivity index (χ0n) is 31.1. The number of furan rings is 1. The highest BCUT2D eigenvalue weighted by Crippen LogP contribution is 2.43. The fraction of sp³-hybridized carbons (Fsp3) is 0.0980. The second-order valence-corrected chi connectivity index (χ2v) is 25.1. The van der Waals surface area contributed by atoms with Gasteiger partial charge in [0, 0.05) is 22.3 Å². The van der Waals surface area contributed by atoms with E-state index in [-0.39, 0.29) is 5.92 Å². The maximum atomic E-state index is 6.73. The first-order valence-electron chi connectivity index (χ1n) is 19.2. The number of fused-ring (bicyclic) bond motifs is 11. The Bertz CT molecular complexity index is 3000. The zero-order valence-corrected chi connectivity index (χ0v) is 33.1. The summed E-state index contributed by atoms with van der Waals surface area (Å²) in [4.78, 5) is 0. The van der Waals surface area contributed by atoms with Crippen LogP contribution in [-0.2, 0) is 0 Å². The van der Waals surface area contributed by atoms with Gasteiger partial charge in [0.05, 0.1) is 0 Å². The predicted octanol–water partition coefficient (Wildman–Crippen LogP) is 11.2. The van der Waals surface area contributed by atoms with E-state index in [1.54, 1.807) is 10.4 Å². The lowest BCUT2D eigenvalue weighted by molar-refractivity contribution is 0.670. The highest BCUT2D eigenvalue weighted by Gasteiger charge is 2.43. The molecule has 0 amide bonds. The van der Waals surface area contributed by atoms with Crippen LogP contribution in [0.3, 0.4) is 0 Å². The van der Waals surface area contributed by atoms with Crippen molar-refractivity contribution in [2.45, 2.75) is 32.1 Å². The number of rotatable bonds is 4. The summed E-state index contributed by atoms with van der Waals surface area (Å²) in [5.74, 6) is 0.0701. The van der Waals surface area contributed by atoms with Crippen molar-refractivity contribution in [3.05, 3.63) is 180 Å². The topological polar surface area (TPSA) is 13.1 Å². The van der Waals surface area contributed by atoms with E-state index in [9.17, 15) is 0 Å². The van der Waals surface area contributed by atoms with E-state index in [0.717, 1.165) is 11.2 Å². The van der Waals surface area contributed by atoms with Crippen LogP contribution in [0.25, 0.3) is 66.1 Å². The summed E-state index contributed by atoms with van der Waals surface area (Å²) < 4.78 is 6.73. The molecule has 1 aromatic heterocycles. The van der Waals surface area contributed by atoms with Gasteiger partial charge in [-0.3, -0.25) is 0 Å². The summed E-state index contributed by atoms with van der Waals surface area (Å²) in [6.07, 6.45) is 0. The van der Waals surface area contributed by atoms with Crippen LogP contribution >= 0.6 is 0 Å². The maximum absolute atomic E-state index is 6.73. The average Bonchev–Trinajstić information content (AvgIpc) is 3.78. The first-order valence-corrected chi connectivity index (χ1v) is 25.2. The van der Waals surface area contributed by atoms with Crippen LogP contribution in [0, 0.1) is 0 Å². The molecule has 8 aromatic carbocycles. The molecular weight excluding hydrogens is 685 g/mol. The van der Waals surface area contributed by atoms with Crippen LogP contribution in [0.2, 0.25) is 26.2 Å². The first kappa shape index (κ1) is 31.8. The van der Waals surface area contributed by atoms with Crippen molar-refractivity contribution in [2.24, 2.45) is 0 Å². The Morgan fingerprint density at radius 3 is 2.00 bits per heavy atom. The summed E-state index contributed by atoms with van der Waals surface area (Å²) in [6, 6.07) is 61.8. The Labute approximate surface area is 318 Å². The largest absolute Gasteiger partial charge is 0.455 e. The van der Waals surface area contributed by atoms with Gasteiger partial charge in [-0.15, -0.1) is 0 Å². The Morgan fingerprint density at radius 1 is 0.444 bits per heavy atom. The molecule has 0 saturated heterocycles. The second-order valence-electron chi connectivity index (χ2n) is 16.5. The van der Waals surface area contributed by atoms with Crippen molar-refractivity contribution < 1.29 is 4.42 Å². The molecule has 3 heteroatoms. The molecule has 1 atom stereocenters. The van der Waals surface area contributed by atoms with Crippen LogP contribution in [0.1, 0.15) is 22.6 Å². The van der Waals surface area contributed by atoms with Gasteiger partial charge >= 0.3 is 0 Å². The van der Waals surface area contributed by atoms with Gasteiger partial charge in [0.2, 0.25) is 0 Å². The molecule has 54 heavy (non-hydrogen) atoms. The van der Waals surface area contributed by atoms with Gasteiger partial charge in [0.1, 0.15) is 27.3 Å². The van der Waals surface area contributed by atoms with Crippen LogP contribution in [0.15, 0.2) is 168 Å². The SMILES string of the molecule is C[Si]1(C)c2ccccc2-c2cc(C(c3ccc(-c4ccc5ccccc5c4)cc3)c3cccc4c3[Si](C)(C)c3ccc5c(oc6ccccc65)c3-4)ccc21. The van der Waals surface area contributed by atoms with Crippen LogP contribution in [-0.4, -0.2) is 16.1 Å². The lowest BCUT2D eigenvalue weighted by Crippen LogP contribution is -2.51. The maximum Gasteiger partial charge on any atom is 0.143 e. The summed E-state index contributed by atoms with van der Waals surface area (Å²) in [5, 5.41) is 11.0. The molecule has 3 heterocycles. The average molecular weight is 725 g/mol. The van der Waals surface area contributed by atoms with Gasteiger partial charge in [0.15, 0.2) is 0 Å². The summed E-state index contributed by atoms with van der Waals surface area (Å²) in [5.41, 5.74) is 14.1. The minimum absolute atomic E-state index is 0.0701. The molecule has 11 rings (SSSR count). The Balaban J connectivity index is 1.13. The van der Waals surface area contributed by atoms with Gasteiger partial charge in [-0.2, -0.15) is 0 Å². The monoisotopic (exact) mass is 724 g/mol. The van der Waals surface area contributed by atoms with E-state index < -0.39 is 16.1 Å². The first-order chi connectivity index (χ1) is 26.3. The molecule has 1 unspecified atom stereocenters. The highest BCUT2D eigenvalue weighted by molar-refractivity contribution is 7.04. The third kappa shape index (κ3) is 4.43. The van der Waals surface area contributed by atoms with Crippen molar-refractivity contribution in [3.8, 4) is 33.4 Å². The minimum atomic E-state index is -2.16. The molecule has 0 saturated carbocycles. The molecule has 2 aliphatic rings. The molecule has 0 N–H and O–H groups in total. The summed E-state index contributed by atoms with van der Waals surface area (Å²) >= 11 is 0. The number of para-hydroxylation sites is 1. The van der Waals surface area contributed by atoms with E-state index in [1.165, 1.54) is 82.0 Å². The van der Waals surface area contributed by atoms with Crippen LogP contribution < -0.4 is 20.7 Å². The number of hydrogen-bond acceptors (Lipinski definition) is 1. The van der Waals surface area contributed by atoms with Gasteiger partial charge in [0.25, 0.3) is 0 Å². The third-order valence-corrected chi connectivity index (χ3v) is 19.9. The summed E-state index contributed by atoms with van der Waals surface area (Å²) in [7, 11) is -3.95. The smallest absolute Gasteiger partial charge is 0.143 e. The molecule has 0 aliphatic carbocycles. The Kier molecular flexibility index (Phi) is 6.69. The van der Waals surface area contributed by atoms with Crippen molar-refractivity contribution in [2.75, 3.05) is 0 Å². The number of benzene rings is 8. The lowest BCUT2D eigenvalue weighted by Gasteiger charge is -2.28. The molecule has 0 spiro atoms. The van der Waals surface area contributed by atoms with Gasteiger partial charge < -0.3 is 4.42 Å². The van der Waals surface area contributed by atoms with Crippen molar-refractivity contribution in [3.63, 3.8) is 0 Å². The molecule has 258 valence electrons. The Morgan fingerprint density at radius 2 is 1.13 bits per heavy atom. The van der Waals surface area contributed by atoms with E-state index in [2.05, 4.69) is 190 Å². The molecule has 0 bridgehead atoms. The molecular formula is C51H40OSi2. The predicted molar refractivity (Wildman–Crippen MR) is 235 cm³/mol. The molecule has 9 aromatic rings. The highest BCUT2D eigenvalue weighted by atomic mass is 28.3. The van der Waals surface area contributed by atoms with E-state index in [4.69, 9.17) is 4.42 Å². The zero-order chi connectivity index (χ0) is 36.3. The molecule has 0 radical (unpaired) electrons. The van der Waals surface area contributed by atoms with Crippen LogP contribution in [0.4, 0.5) is 0 Å². The van der Waals surface area contributed by atoms with Crippen molar-refractivity contribution >= 4 is 69.6 Å². The van der Waals surface area contributed by atoms with E-state index in [0.29, 0.717) is 0 Å². The van der Waals surface area contributed by atoms with Gasteiger partial charge in [-0.25, -0.2) is 0 Å². The van der Waals surface area contributed by atoms with Gasteiger partial charge in [-0.1, -0.05) is 178 Å². The van der Waals surface area contributed by atoms with E-state index in [1.807, 2.05) is 0 Å². The number of hydrogen-bond donors (Lipinski definition) is 0. The minimum Gasteiger partial charge on any atom is -0.455 e. The standard InChI is InChI=1S/C51H40OSi2/c1-53(2)45-19-10-8-15-39(45)43-31-37(26-28-46(43)53)48(34-23-20-33(21-24-34)36-25-22-32-12-5-6-13-35(32)30-36)41-16-11-17-42-49-47(54(3,4)51(41)42)29-27-40-38-14-7-9-18-44(38)52-50(40)49/h5-31,48H,1-4H3.